The Morgan fingerprint density at radius 3 is 2.94 bits per heavy atom. The number of nitrogens with one attached hydrogen (secondary N) is 1. The fourth-order valence-corrected chi connectivity index (χ4v) is 2.17. The van der Waals surface area contributed by atoms with Gasteiger partial charge in [0.1, 0.15) is 0 Å². The molecule has 94 valence electrons. The third-order valence-electron chi connectivity index (χ3n) is 3.17. The molecule has 0 saturated carbocycles. The van der Waals surface area contributed by atoms with Gasteiger partial charge in [-0.05, 0) is 31.9 Å². The van der Waals surface area contributed by atoms with Crippen molar-refractivity contribution in [2.45, 2.75) is 26.4 Å². The van der Waals surface area contributed by atoms with E-state index in [0.29, 0.717) is 23.1 Å². The average molecular weight is 257 g/mol. The largest absolute Gasteiger partial charge is 0.394 e. The molecule has 0 radical (unpaired) electrons. The molecule has 2 heterocycles. The minimum Gasteiger partial charge on any atom is -0.394 e. The Labute approximate surface area is 106 Å². The Bertz CT molecular complexity index is 413. The maximum absolute atomic E-state index is 5.89. The van der Waals surface area contributed by atoms with E-state index in [1.807, 2.05) is 6.92 Å². The van der Waals surface area contributed by atoms with E-state index in [1.165, 1.54) is 0 Å². The molecule has 0 amide bonds. The Balaban J connectivity index is 2.03. The third kappa shape index (κ3) is 2.79. The van der Waals surface area contributed by atoms with Crippen LogP contribution in [0.5, 0.6) is 0 Å². The van der Waals surface area contributed by atoms with Crippen LogP contribution in [0.4, 0.5) is 11.5 Å². The second-order valence-electron chi connectivity index (χ2n) is 4.35. The molecule has 2 rings (SSSR count). The van der Waals surface area contributed by atoms with Crippen molar-refractivity contribution in [3.05, 3.63) is 11.0 Å². The van der Waals surface area contributed by atoms with Crippen LogP contribution in [0.15, 0.2) is 0 Å². The normalized spacial score (nSPS) is 23.9. The van der Waals surface area contributed by atoms with Crippen LogP contribution in [0.25, 0.3) is 0 Å². The first-order valence-corrected chi connectivity index (χ1v) is 6.11. The number of nitrogen functional groups attached to an aromatic ring is 1. The molecule has 1 fully saturated rings. The number of aryl methyl sites for hydroxylation is 1. The lowest BCUT2D eigenvalue weighted by Crippen LogP contribution is -2.22. The first-order chi connectivity index (χ1) is 8.08. The molecular formula is C11H17ClN4O. The lowest BCUT2D eigenvalue weighted by Gasteiger charge is -2.16. The van der Waals surface area contributed by atoms with Gasteiger partial charge in [-0.1, -0.05) is 0 Å². The second kappa shape index (κ2) is 5.06. The van der Waals surface area contributed by atoms with Gasteiger partial charge in [-0.2, -0.15) is 4.98 Å². The van der Waals surface area contributed by atoms with Gasteiger partial charge in [-0.3, -0.25) is 0 Å². The third-order valence-corrected chi connectivity index (χ3v) is 3.34. The summed E-state index contributed by atoms with van der Waals surface area (Å²) in [6, 6.07) is 0. The summed E-state index contributed by atoms with van der Waals surface area (Å²) in [6.07, 6.45) is 1.34. The van der Waals surface area contributed by atoms with Crippen LogP contribution < -0.4 is 11.1 Å². The zero-order chi connectivity index (χ0) is 12.4. The standard InChI is InChI=1S/C11H17ClN4O/c1-6-9(13)10(16-11(12)15-6)14-5-8-3-4-17-7(8)2/h7-8H,3-5,13H2,1-2H3,(H,14,15,16). The highest BCUT2D eigenvalue weighted by molar-refractivity contribution is 6.28. The molecule has 2 unspecified atom stereocenters. The fourth-order valence-electron chi connectivity index (χ4n) is 1.95. The molecule has 17 heavy (non-hydrogen) atoms. The number of hydrogen-bond donors (Lipinski definition) is 2. The number of ether oxygens (including phenoxy) is 1. The van der Waals surface area contributed by atoms with Crippen LogP contribution in [0.1, 0.15) is 19.0 Å². The van der Waals surface area contributed by atoms with Crippen molar-refractivity contribution in [1.82, 2.24) is 9.97 Å². The molecular weight excluding hydrogens is 240 g/mol. The summed E-state index contributed by atoms with van der Waals surface area (Å²) in [5.74, 6) is 1.10. The smallest absolute Gasteiger partial charge is 0.224 e. The van der Waals surface area contributed by atoms with E-state index in [0.717, 1.165) is 19.6 Å². The Morgan fingerprint density at radius 1 is 1.53 bits per heavy atom. The summed E-state index contributed by atoms with van der Waals surface area (Å²) >= 11 is 5.80. The molecule has 1 aromatic heterocycles. The second-order valence-corrected chi connectivity index (χ2v) is 4.68. The van der Waals surface area contributed by atoms with Crippen LogP contribution >= 0.6 is 11.6 Å². The first-order valence-electron chi connectivity index (χ1n) is 5.73. The summed E-state index contributed by atoms with van der Waals surface area (Å²) in [5, 5.41) is 3.44. The zero-order valence-corrected chi connectivity index (χ0v) is 10.8. The van der Waals surface area contributed by atoms with Crippen molar-refractivity contribution in [3.63, 3.8) is 0 Å². The number of nitrogens with zero attached hydrogens (tertiary/aromatic N) is 2. The highest BCUT2D eigenvalue weighted by Crippen LogP contribution is 2.24. The lowest BCUT2D eigenvalue weighted by molar-refractivity contribution is 0.108. The number of rotatable bonds is 3. The molecule has 1 aliphatic heterocycles. The van der Waals surface area contributed by atoms with Crippen molar-refractivity contribution < 1.29 is 4.74 Å². The number of halogens is 1. The van der Waals surface area contributed by atoms with Crippen molar-refractivity contribution in [2.75, 3.05) is 24.2 Å². The van der Waals surface area contributed by atoms with Gasteiger partial charge in [0, 0.05) is 19.1 Å². The topological polar surface area (TPSA) is 73.1 Å². The maximum Gasteiger partial charge on any atom is 0.224 e. The van der Waals surface area contributed by atoms with Gasteiger partial charge in [0.05, 0.1) is 17.5 Å². The number of anilines is 2. The predicted molar refractivity (Wildman–Crippen MR) is 68.2 cm³/mol. The predicted octanol–water partition coefficient (Wildman–Crippen LogP) is 1.86. The minimum absolute atomic E-state index is 0.218. The average Bonchev–Trinajstić information content (AvgIpc) is 2.67. The first kappa shape index (κ1) is 12.4. The number of nitrogens with two attached hydrogens (primary N) is 1. The summed E-state index contributed by atoms with van der Waals surface area (Å²) < 4.78 is 5.50. The van der Waals surface area contributed by atoms with Gasteiger partial charge in [-0.25, -0.2) is 4.98 Å². The summed E-state index contributed by atoms with van der Waals surface area (Å²) in [7, 11) is 0. The Kier molecular flexibility index (Phi) is 3.69. The molecule has 1 aliphatic rings. The van der Waals surface area contributed by atoms with E-state index < -0.39 is 0 Å². The lowest BCUT2D eigenvalue weighted by atomic mass is 10.0. The van der Waals surface area contributed by atoms with Crippen LogP contribution in [0, 0.1) is 12.8 Å². The summed E-state index contributed by atoms with van der Waals surface area (Å²) in [4.78, 5) is 8.09. The van der Waals surface area contributed by atoms with Gasteiger partial charge in [-0.15, -0.1) is 0 Å². The van der Waals surface area contributed by atoms with Crippen molar-refractivity contribution >= 4 is 23.1 Å². The van der Waals surface area contributed by atoms with Crippen LogP contribution in [-0.2, 0) is 4.74 Å². The SMILES string of the molecule is Cc1nc(Cl)nc(NCC2CCOC2C)c1N. The molecule has 5 nitrogen and oxygen atoms in total. The quantitative estimate of drug-likeness (QED) is 0.808. The highest BCUT2D eigenvalue weighted by Gasteiger charge is 2.24. The van der Waals surface area contributed by atoms with Crippen LogP contribution in [0.2, 0.25) is 5.28 Å². The van der Waals surface area contributed by atoms with E-state index in [-0.39, 0.29) is 11.4 Å². The molecule has 0 spiro atoms. The molecule has 0 bridgehead atoms. The van der Waals surface area contributed by atoms with Crippen molar-refractivity contribution in [3.8, 4) is 0 Å². The maximum atomic E-state index is 5.89. The van der Waals surface area contributed by atoms with Crippen LogP contribution in [-0.4, -0.2) is 29.2 Å². The Morgan fingerprint density at radius 2 is 2.29 bits per heavy atom. The molecule has 0 aliphatic carbocycles. The fraction of sp³-hybridized carbons (Fsp3) is 0.636. The zero-order valence-electron chi connectivity index (χ0n) is 10.0. The number of hydrogen-bond acceptors (Lipinski definition) is 5. The molecule has 1 saturated heterocycles. The number of aromatic nitrogens is 2. The summed E-state index contributed by atoms with van der Waals surface area (Å²) in [5.41, 5.74) is 7.15. The van der Waals surface area contributed by atoms with Gasteiger partial charge in [0.25, 0.3) is 0 Å². The molecule has 1 aromatic rings. The molecule has 2 atom stereocenters. The molecule has 3 N–H and O–H groups in total. The highest BCUT2D eigenvalue weighted by atomic mass is 35.5. The van der Waals surface area contributed by atoms with Crippen molar-refractivity contribution in [1.29, 1.82) is 0 Å². The minimum atomic E-state index is 0.218. The summed E-state index contributed by atoms with van der Waals surface area (Å²) in [6.45, 7) is 5.51. The van der Waals surface area contributed by atoms with E-state index in [2.05, 4.69) is 22.2 Å². The Hall–Kier alpha value is -1.07. The van der Waals surface area contributed by atoms with Gasteiger partial charge in [0.2, 0.25) is 5.28 Å². The van der Waals surface area contributed by atoms with Gasteiger partial charge in [0.15, 0.2) is 5.82 Å². The van der Waals surface area contributed by atoms with E-state index in [1.54, 1.807) is 0 Å². The molecule has 0 aromatic carbocycles. The van der Waals surface area contributed by atoms with E-state index in [4.69, 9.17) is 22.1 Å². The van der Waals surface area contributed by atoms with Gasteiger partial charge >= 0.3 is 0 Å². The van der Waals surface area contributed by atoms with Crippen molar-refractivity contribution in [2.24, 2.45) is 5.92 Å². The van der Waals surface area contributed by atoms with Gasteiger partial charge < -0.3 is 15.8 Å². The molecule has 6 heteroatoms. The van der Waals surface area contributed by atoms with E-state index >= 15 is 0 Å². The monoisotopic (exact) mass is 256 g/mol. The van der Waals surface area contributed by atoms with Crippen LogP contribution in [0.3, 0.4) is 0 Å². The van der Waals surface area contributed by atoms with E-state index in [9.17, 15) is 0 Å².